The van der Waals surface area contributed by atoms with E-state index in [1.165, 1.54) is 5.56 Å². The highest BCUT2D eigenvalue weighted by Crippen LogP contribution is 2.34. The molecule has 2 aromatic rings. The predicted molar refractivity (Wildman–Crippen MR) is 109 cm³/mol. The molecule has 2 unspecified atom stereocenters. The van der Waals surface area contributed by atoms with E-state index in [0.29, 0.717) is 17.7 Å². The summed E-state index contributed by atoms with van der Waals surface area (Å²) in [5, 5.41) is 12.1. The number of piperidine rings is 1. The Morgan fingerprint density at radius 1 is 1.21 bits per heavy atom. The largest absolute Gasteiger partial charge is 0.334 e. The summed E-state index contributed by atoms with van der Waals surface area (Å²) in [5.41, 5.74) is 2.77. The molecule has 2 aliphatic rings. The Balaban J connectivity index is 1.56. The molecule has 1 amide bonds. The van der Waals surface area contributed by atoms with Crippen LogP contribution in [0.5, 0.6) is 0 Å². The molecule has 0 aliphatic carbocycles. The van der Waals surface area contributed by atoms with E-state index in [9.17, 15) is 4.79 Å². The summed E-state index contributed by atoms with van der Waals surface area (Å²) in [7, 11) is 0. The van der Waals surface area contributed by atoms with E-state index in [4.69, 9.17) is 0 Å². The number of nitrogens with zero attached hydrogens (tertiary/aromatic N) is 4. The Hall–Kier alpha value is -2.21. The van der Waals surface area contributed by atoms with Crippen molar-refractivity contribution >= 4 is 5.91 Å². The molecule has 6 heteroatoms. The van der Waals surface area contributed by atoms with Gasteiger partial charge in [0.25, 0.3) is 5.91 Å². The summed E-state index contributed by atoms with van der Waals surface area (Å²) in [4.78, 5) is 15.5. The number of nitrogens with one attached hydrogen (secondary N) is 1. The van der Waals surface area contributed by atoms with Crippen molar-refractivity contribution in [2.45, 2.75) is 64.0 Å². The Kier molecular flexibility index (Phi) is 5.76. The first kappa shape index (κ1) is 19.1. The van der Waals surface area contributed by atoms with Crippen LogP contribution < -0.4 is 5.32 Å². The van der Waals surface area contributed by atoms with Gasteiger partial charge < -0.3 is 10.2 Å². The third kappa shape index (κ3) is 3.58. The van der Waals surface area contributed by atoms with Crippen LogP contribution in [0.25, 0.3) is 0 Å². The summed E-state index contributed by atoms with van der Waals surface area (Å²) < 4.78 is 1.98. The number of amides is 1. The molecule has 1 aromatic carbocycles. The van der Waals surface area contributed by atoms with Crippen molar-refractivity contribution in [3.63, 3.8) is 0 Å². The van der Waals surface area contributed by atoms with Crippen LogP contribution in [0.15, 0.2) is 30.3 Å². The molecule has 6 nitrogen and oxygen atoms in total. The van der Waals surface area contributed by atoms with Gasteiger partial charge in [-0.25, -0.2) is 4.68 Å². The van der Waals surface area contributed by atoms with Crippen LogP contribution in [-0.2, 0) is 0 Å². The number of benzene rings is 1. The third-order valence-corrected chi connectivity index (χ3v) is 6.48. The first-order valence-corrected chi connectivity index (χ1v) is 10.7. The van der Waals surface area contributed by atoms with Crippen molar-refractivity contribution < 1.29 is 4.79 Å². The topological polar surface area (TPSA) is 63.1 Å². The van der Waals surface area contributed by atoms with Crippen molar-refractivity contribution in [2.24, 2.45) is 0 Å². The van der Waals surface area contributed by atoms with E-state index in [-0.39, 0.29) is 11.9 Å². The van der Waals surface area contributed by atoms with Crippen molar-refractivity contribution in [1.82, 2.24) is 25.2 Å². The molecule has 1 aromatic heterocycles. The highest BCUT2D eigenvalue weighted by Gasteiger charge is 2.37. The van der Waals surface area contributed by atoms with Gasteiger partial charge >= 0.3 is 0 Å². The van der Waals surface area contributed by atoms with Crippen LogP contribution in [0, 0.1) is 6.92 Å². The quantitative estimate of drug-likeness (QED) is 0.863. The van der Waals surface area contributed by atoms with E-state index in [1.807, 2.05) is 11.6 Å². The number of hydrogen-bond acceptors (Lipinski definition) is 4. The van der Waals surface area contributed by atoms with Crippen LogP contribution in [0.3, 0.4) is 0 Å². The fraction of sp³-hybridized carbons (Fsp3) is 0.591. The molecular weight excluding hydrogens is 350 g/mol. The Labute approximate surface area is 167 Å². The van der Waals surface area contributed by atoms with Gasteiger partial charge in [0.05, 0.1) is 11.7 Å². The Bertz CT molecular complexity index is 797. The fourth-order valence-electron chi connectivity index (χ4n) is 4.97. The molecule has 2 saturated heterocycles. The zero-order chi connectivity index (χ0) is 19.5. The first-order valence-electron chi connectivity index (χ1n) is 10.7. The maximum absolute atomic E-state index is 13.4. The van der Waals surface area contributed by atoms with Gasteiger partial charge in [0, 0.05) is 18.5 Å². The first-order chi connectivity index (χ1) is 13.7. The van der Waals surface area contributed by atoms with Crippen molar-refractivity contribution in [3.05, 3.63) is 47.3 Å². The molecule has 0 saturated carbocycles. The van der Waals surface area contributed by atoms with Crippen LogP contribution in [0.2, 0.25) is 0 Å². The minimum Gasteiger partial charge on any atom is -0.334 e. The van der Waals surface area contributed by atoms with Crippen LogP contribution >= 0.6 is 0 Å². The van der Waals surface area contributed by atoms with Gasteiger partial charge in [-0.05, 0) is 57.7 Å². The standard InChI is InChI=1S/C22H31N5O/c1-3-19(17-8-5-4-6-9-17)20-10-7-15-26(20)22(28)21-16(2)27(25-24-21)18-11-13-23-14-12-18/h4-6,8-9,18-20,23H,3,7,10-15H2,1-2H3. The summed E-state index contributed by atoms with van der Waals surface area (Å²) in [5.74, 6) is 0.419. The van der Waals surface area contributed by atoms with E-state index in [2.05, 4.69) is 57.8 Å². The average molecular weight is 382 g/mol. The lowest BCUT2D eigenvalue weighted by Crippen LogP contribution is -2.39. The second kappa shape index (κ2) is 8.43. The third-order valence-electron chi connectivity index (χ3n) is 6.48. The number of hydrogen-bond donors (Lipinski definition) is 1. The van der Waals surface area contributed by atoms with Gasteiger partial charge in [-0.15, -0.1) is 5.10 Å². The highest BCUT2D eigenvalue weighted by atomic mass is 16.2. The molecular formula is C22H31N5O. The minimum atomic E-state index is 0.0505. The second-order valence-electron chi connectivity index (χ2n) is 8.08. The van der Waals surface area contributed by atoms with E-state index >= 15 is 0 Å². The monoisotopic (exact) mass is 381 g/mol. The Morgan fingerprint density at radius 3 is 2.68 bits per heavy atom. The summed E-state index contributed by atoms with van der Waals surface area (Å²) in [6.45, 7) is 7.02. The van der Waals surface area contributed by atoms with Gasteiger partial charge in [-0.3, -0.25) is 4.79 Å². The zero-order valence-corrected chi connectivity index (χ0v) is 17.0. The number of likely N-dealkylation sites (tertiary alicyclic amines) is 1. The highest BCUT2D eigenvalue weighted by molar-refractivity contribution is 5.93. The Morgan fingerprint density at radius 2 is 1.96 bits per heavy atom. The van der Waals surface area contributed by atoms with Gasteiger partial charge in [0.2, 0.25) is 0 Å². The van der Waals surface area contributed by atoms with Crippen molar-refractivity contribution in [1.29, 1.82) is 0 Å². The fourth-order valence-corrected chi connectivity index (χ4v) is 4.97. The van der Waals surface area contributed by atoms with Crippen molar-refractivity contribution in [2.75, 3.05) is 19.6 Å². The molecule has 28 heavy (non-hydrogen) atoms. The lowest BCUT2D eigenvalue weighted by molar-refractivity contribution is 0.0707. The smallest absolute Gasteiger partial charge is 0.276 e. The molecule has 0 bridgehead atoms. The number of rotatable bonds is 5. The minimum absolute atomic E-state index is 0.0505. The van der Waals surface area contributed by atoms with Gasteiger partial charge in [-0.1, -0.05) is 42.5 Å². The average Bonchev–Trinajstić information content (AvgIpc) is 3.37. The molecule has 2 aliphatic heterocycles. The van der Waals surface area contributed by atoms with Gasteiger partial charge in [0.1, 0.15) is 0 Å². The molecule has 3 heterocycles. The van der Waals surface area contributed by atoms with Crippen LogP contribution in [0.4, 0.5) is 0 Å². The van der Waals surface area contributed by atoms with E-state index < -0.39 is 0 Å². The maximum atomic E-state index is 13.4. The van der Waals surface area contributed by atoms with Crippen LogP contribution in [-0.4, -0.2) is 51.5 Å². The molecule has 2 fully saturated rings. The summed E-state index contributed by atoms with van der Waals surface area (Å²) >= 11 is 0. The molecule has 0 spiro atoms. The lowest BCUT2D eigenvalue weighted by atomic mass is 9.87. The molecule has 0 radical (unpaired) electrons. The number of carbonyl (C=O) groups is 1. The number of carbonyl (C=O) groups excluding carboxylic acids is 1. The molecule has 150 valence electrons. The van der Waals surface area contributed by atoms with E-state index in [0.717, 1.165) is 57.4 Å². The molecule has 1 N–H and O–H groups in total. The van der Waals surface area contributed by atoms with Gasteiger partial charge in [-0.2, -0.15) is 0 Å². The maximum Gasteiger partial charge on any atom is 0.276 e. The summed E-state index contributed by atoms with van der Waals surface area (Å²) in [6, 6.07) is 11.2. The summed E-state index contributed by atoms with van der Waals surface area (Å²) in [6.07, 6.45) is 5.22. The van der Waals surface area contributed by atoms with Crippen molar-refractivity contribution in [3.8, 4) is 0 Å². The second-order valence-corrected chi connectivity index (χ2v) is 8.08. The predicted octanol–water partition coefficient (Wildman–Crippen LogP) is 3.31. The molecule has 2 atom stereocenters. The van der Waals surface area contributed by atoms with Gasteiger partial charge in [0.15, 0.2) is 5.69 Å². The normalized spacial score (nSPS) is 21.8. The lowest BCUT2D eigenvalue weighted by Gasteiger charge is -2.31. The molecule has 4 rings (SSSR count). The number of aromatic nitrogens is 3. The van der Waals surface area contributed by atoms with E-state index in [1.54, 1.807) is 0 Å². The zero-order valence-electron chi connectivity index (χ0n) is 17.0. The van der Waals surface area contributed by atoms with Crippen LogP contribution in [0.1, 0.15) is 72.7 Å². The SMILES string of the molecule is CCC(c1ccccc1)C1CCCN1C(=O)c1nnn(C2CCNCC2)c1C.